The third kappa shape index (κ3) is 3.04. The number of carbonyl (C=O) groups excluding carboxylic acids is 1. The van der Waals surface area contributed by atoms with Crippen molar-refractivity contribution >= 4 is 34.5 Å². The number of halogens is 1. The maximum Gasteiger partial charge on any atom is 0.258 e. The van der Waals surface area contributed by atoms with E-state index in [9.17, 15) is 4.79 Å². The number of hydrogen-bond donors (Lipinski definition) is 1. The molecule has 0 saturated heterocycles. The summed E-state index contributed by atoms with van der Waals surface area (Å²) in [5.74, 6) is 0.193. The van der Waals surface area contributed by atoms with E-state index in [1.807, 2.05) is 34.9 Å². The Morgan fingerprint density at radius 1 is 1.23 bits per heavy atom. The maximum absolute atomic E-state index is 12.6. The Morgan fingerprint density at radius 3 is 2.92 bits per heavy atom. The molecule has 130 valence electrons. The van der Waals surface area contributed by atoms with E-state index in [4.69, 9.17) is 11.6 Å². The summed E-state index contributed by atoms with van der Waals surface area (Å²) in [5, 5.41) is 11.5. The van der Waals surface area contributed by atoms with Gasteiger partial charge in [-0.1, -0.05) is 35.0 Å². The maximum atomic E-state index is 12.6. The number of anilines is 1. The zero-order chi connectivity index (χ0) is 18.1. The first-order valence-electron chi connectivity index (χ1n) is 7.97. The average molecular weight is 367 g/mol. The minimum atomic E-state index is -0.260. The molecule has 0 spiro atoms. The highest BCUT2D eigenvalue weighted by Crippen LogP contribution is 2.19. The lowest BCUT2D eigenvalue weighted by Crippen LogP contribution is -2.16. The second kappa shape index (κ2) is 6.61. The van der Waals surface area contributed by atoms with Crippen LogP contribution in [0.5, 0.6) is 0 Å². The predicted molar refractivity (Wildman–Crippen MR) is 99.2 cm³/mol. The molecule has 26 heavy (non-hydrogen) atoms. The van der Waals surface area contributed by atoms with E-state index in [1.54, 1.807) is 36.3 Å². The lowest BCUT2D eigenvalue weighted by Gasteiger charge is -2.10. The van der Waals surface area contributed by atoms with Crippen LogP contribution < -0.4 is 5.32 Å². The van der Waals surface area contributed by atoms with Crippen LogP contribution >= 0.6 is 11.6 Å². The van der Waals surface area contributed by atoms with Crippen molar-refractivity contribution in [3.8, 4) is 0 Å². The van der Waals surface area contributed by atoms with E-state index < -0.39 is 0 Å². The Kier molecular flexibility index (Phi) is 4.14. The Labute approximate surface area is 154 Å². The van der Waals surface area contributed by atoms with Gasteiger partial charge < -0.3 is 4.57 Å². The fourth-order valence-corrected chi connectivity index (χ4v) is 2.92. The Hall–Kier alpha value is -3.19. The molecule has 8 heteroatoms. The molecule has 4 rings (SSSR count). The normalized spacial score (nSPS) is 11.0. The molecule has 2 heterocycles. The molecule has 0 aliphatic carbocycles. The Bertz CT molecular complexity index is 1100. The number of amides is 1. The molecular weight excluding hydrogens is 352 g/mol. The first-order chi connectivity index (χ1) is 12.6. The quantitative estimate of drug-likeness (QED) is 0.602. The molecule has 0 fully saturated rings. The highest BCUT2D eigenvalue weighted by molar-refractivity contribution is 6.31. The average Bonchev–Trinajstić information content (AvgIpc) is 3.23. The van der Waals surface area contributed by atoms with Crippen molar-refractivity contribution < 1.29 is 4.79 Å². The molecule has 0 radical (unpaired) electrons. The van der Waals surface area contributed by atoms with Crippen molar-refractivity contribution in [2.45, 2.75) is 6.54 Å². The number of aromatic nitrogens is 5. The molecule has 1 amide bonds. The van der Waals surface area contributed by atoms with Crippen molar-refractivity contribution in [1.29, 1.82) is 0 Å². The first-order valence-corrected chi connectivity index (χ1v) is 8.35. The van der Waals surface area contributed by atoms with Gasteiger partial charge in [0.15, 0.2) is 0 Å². The molecule has 1 N–H and O–H groups in total. The van der Waals surface area contributed by atoms with Crippen molar-refractivity contribution in [2.24, 2.45) is 7.05 Å². The molecule has 2 aromatic heterocycles. The topological polar surface area (TPSA) is 77.6 Å². The van der Waals surface area contributed by atoms with Crippen molar-refractivity contribution in [2.75, 3.05) is 5.32 Å². The molecular formula is C18H15ClN6O. The summed E-state index contributed by atoms with van der Waals surface area (Å²) in [6.45, 7) is 0.512. The van der Waals surface area contributed by atoms with Gasteiger partial charge in [0.1, 0.15) is 5.52 Å². The van der Waals surface area contributed by atoms with Gasteiger partial charge in [0.05, 0.1) is 12.1 Å². The van der Waals surface area contributed by atoms with Crippen molar-refractivity contribution in [1.82, 2.24) is 24.5 Å². The molecule has 0 aliphatic rings. The molecule has 0 saturated carbocycles. The van der Waals surface area contributed by atoms with Gasteiger partial charge in [-0.25, -0.2) is 9.67 Å². The van der Waals surface area contributed by atoms with Gasteiger partial charge in [0, 0.05) is 30.0 Å². The van der Waals surface area contributed by atoms with Crippen molar-refractivity contribution in [3.05, 3.63) is 71.0 Å². The number of benzene rings is 2. The van der Waals surface area contributed by atoms with Gasteiger partial charge in [0.2, 0.25) is 5.95 Å². The number of carbonyl (C=O) groups is 1. The van der Waals surface area contributed by atoms with Crippen LogP contribution in [0.2, 0.25) is 5.02 Å². The summed E-state index contributed by atoms with van der Waals surface area (Å²) in [7, 11) is 1.81. The standard InChI is InChI=1S/C18H15ClN6O/c1-24-16-7-6-12(10-15(16)22-23-24)17(26)21-18-20-8-9-25(18)11-13-4-2-3-5-14(13)19/h2-10H,11H2,1H3,(H,20,21,26). The monoisotopic (exact) mass is 366 g/mol. The third-order valence-corrected chi connectivity index (χ3v) is 4.48. The second-order valence-corrected chi connectivity index (χ2v) is 6.25. The zero-order valence-electron chi connectivity index (χ0n) is 13.9. The number of imidazole rings is 1. The lowest BCUT2D eigenvalue weighted by atomic mass is 10.2. The van der Waals surface area contributed by atoms with Gasteiger partial charge in [-0.05, 0) is 29.8 Å². The van der Waals surface area contributed by atoms with Gasteiger partial charge in [-0.15, -0.1) is 5.10 Å². The number of aryl methyl sites for hydroxylation is 1. The molecule has 0 aliphatic heterocycles. The minimum absolute atomic E-state index is 0.260. The van der Waals surface area contributed by atoms with Gasteiger partial charge in [-0.2, -0.15) is 0 Å². The predicted octanol–water partition coefficient (Wildman–Crippen LogP) is 3.12. The van der Waals surface area contributed by atoms with E-state index >= 15 is 0 Å². The number of fused-ring (bicyclic) bond motifs is 1. The van der Waals surface area contributed by atoms with Crippen LogP contribution in [0.1, 0.15) is 15.9 Å². The number of nitrogens with one attached hydrogen (secondary N) is 1. The van der Waals surface area contributed by atoms with E-state index in [2.05, 4.69) is 20.6 Å². The highest BCUT2D eigenvalue weighted by atomic mass is 35.5. The fourth-order valence-electron chi connectivity index (χ4n) is 2.73. The van der Waals surface area contributed by atoms with E-state index in [0.717, 1.165) is 11.1 Å². The lowest BCUT2D eigenvalue weighted by molar-refractivity contribution is 0.102. The van der Waals surface area contributed by atoms with Crippen molar-refractivity contribution in [3.63, 3.8) is 0 Å². The molecule has 7 nitrogen and oxygen atoms in total. The Balaban J connectivity index is 1.56. The van der Waals surface area contributed by atoms with Crippen LogP contribution in [0.25, 0.3) is 11.0 Å². The van der Waals surface area contributed by atoms with E-state index in [-0.39, 0.29) is 5.91 Å². The van der Waals surface area contributed by atoms with E-state index in [1.165, 1.54) is 0 Å². The summed E-state index contributed by atoms with van der Waals surface area (Å²) in [6, 6.07) is 12.8. The summed E-state index contributed by atoms with van der Waals surface area (Å²) >= 11 is 6.22. The fraction of sp³-hybridized carbons (Fsp3) is 0.111. The van der Waals surface area contributed by atoms with Gasteiger partial charge in [0.25, 0.3) is 5.91 Å². The van der Waals surface area contributed by atoms with Gasteiger partial charge >= 0.3 is 0 Å². The SMILES string of the molecule is Cn1nnc2cc(C(=O)Nc3nccn3Cc3ccccc3Cl)ccc21. The van der Waals surface area contributed by atoms with Crippen LogP contribution in [-0.4, -0.2) is 30.5 Å². The first kappa shape index (κ1) is 16.3. The number of rotatable bonds is 4. The summed E-state index contributed by atoms with van der Waals surface area (Å²) in [4.78, 5) is 16.8. The molecule has 4 aromatic rings. The largest absolute Gasteiger partial charge is 0.313 e. The molecule has 0 atom stereocenters. The number of hydrogen-bond acceptors (Lipinski definition) is 4. The van der Waals surface area contributed by atoms with Crippen LogP contribution in [-0.2, 0) is 13.6 Å². The van der Waals surface area contributed by atoms with E-state index in [0.29, 0.717) is 28.6 Å². The summed E-state index contributed by atoms with van der Waals surface area (Å²) in [5.41, 5.74) is 2.97. The van der Waals surface area contributed by atoms with Crippen LogP contribution in [0.3, 0.4) is 0 Å². The summed E-state index contributed by atoms with van der Waals surface area (Å²) < 4.78 is 3.49. The Morgan fingerprint density at radius 2 is 2.08 bits per heavy atom. The van der Waals surface area contributed by atoms with Crippen LogP contribution in [0.4, 0.5) is 5.95 Å². The molecule has 2 aromatic carbocycles. The minimum Gasteiger partial charge on any atom is -0.313 e. The molecule has 0 bridgehead atoms. The second-order valence-electron chi connectivity index (χ2n) is 5.84. The highest BCUT2D eigenvalue weighted by Gasteiger charge is 2.13. The van der Waals surface area contributed by atoms with Gasteiger partial charge in [-0.3, -0.25) is 10.1 Å². The van der Waals surface area contributed by atoms with Crippen LogP contribution in [0.15, 0.2) is 54.9 Å². The summed E-state index contributed by atoms with van der Waals surface area (Å²) in [6.07, 6.45) is 3.43. The third-order valence-electron chi connectivity index (χ3n) is 4.11. The van der Waals surface area contributed by atoms with Crippen LogP contribution in [0, 0.1) is 0 Å². The zero-order valence-corrected chi connectivity index (χ0v) is 14.7. The smallest absolute Gasteiger partial charge is 0.258 e. The number of nitrogens with zero attached hydrogens (tertiary/aromatic N) is 5. The molecule has 0 unspecified atom stereocenters.